The second-order valence-electron chi connectivity index (χ2n) is 5.23. The first kappa shape index (κ1) is 15.1. The third-order valence-corrected chi connectivity index (χ3v) is 3.85. The van der Waals surface area contributed by atoms with Crippen LogP contribution in [0.15, 0.2) is 39.5 Å². The Morgan fingerprint density at radius 3 is 2.48 bits per heavy atom. The Labute approximate surface area is 132 Å². The highest BCUT2D eigenvalue weighted by atomic mass is 16.6. The summed E-state index contributed by atoms with van der Waals surface area (Å²) in [7, 11) is 2.85. The predicted molar refractivity (Wildman–Crippen MR) is 81.0 cm³/mol. The van der Waals surface area contributed by atoms with Crippen LogP contribution in [0, 0.1) is 6.92 Å². The number of ether oxygens (including phenoxy) is 3. The molecule has 23 heavy (non-hydrogen) atoms. The molecule has 0 spiro atoms. The largest absolute Gasteiger partial charge is 0.497 e. The molecule has 6 nitrogen and oxygen atoms in total. The fourth-order valence-electron chi connectivity index (χ4n) is 2.78. The van der Waals surface area contributed by atoms with Crippen LogP contribution in [0.5, 0.6) is 11.5 Å². The number of carbonyl (C=O) groups excluding carboxylic acids is 1. The van der Waals surface area contributed by atoms with Crippen molar-refractivity contribution in [2.75, 3.05) is 14.2 Å². The lowest BCUT2D eigenvalue weighted by Gasteiger charge is -2.17. The van der Waals surface area contributed by atoms with Crippen molar-refractivity contribution in [2.24, 2.45) is 0 Å². The maximum atomic E-state index is 12.3. The van der Waals surface area contributed by atoms with Crippen molar-refractivity contribution >= 4 is 5.97 Å². The maximum absolute atomic E-state index is 12.3. The van der Waals surface area contributed by atoms with Crippen LogP contribution in [0.2, 0.25) is 0 Å². The standard InChI is InChI=1S/C17H16O6/c1-9-8-12-14(16(18)22-9)13(15(23-12)17(19)21-3)10-4-6-11(20-2)7-5-10/h4-8,13,15H,1-3H3/t13-,15+/m0/s1. The van der Waals surface area contributed by atoms with Crippen molar-refractivity contribution in [3.05, 3.63) is 57.6 Å². The Hall–Kier alpha value is -2.76. The Kier molecular flexibility index (Phi) is 3.82. The fraction of sp³-hybridized carbons (Fsp3) is 0.294. The van der Waals surface area contributed by atoms with E-state index in [0.717, 1.165) is 5.56 Å². The molecule has 0 fully saturated rings. The first-order valence-corrected chi connectivity index (χ1v) is 7.08. The van der Waals surface area contributed by atoms with Gasteiger partial charge < -0.3 is 18.6 Å². The second-order valence-corrected chi connectivity index (χ2v) is 5.23. The van der Waals surface area contributed by atoms with Crippen molar-refractivity contribution in [2.45, 2.75) is 18.9 Å². The number of carbonyl (C=O) groups is 1. The summed E-state index contributed by atoms with van der Waals surface area (Å²) in [6, 6.07) is 8.71. The molecular formula is C17H16O6. The van der Waals surface area contributed by atoms with Gasteiger partial charge in [-0.3, -0.25) is 0 Å². The summed E-state index contributed by atoms with van der Waals surface area (Å²) in [4.78, 5) is 24.4. The fourth-order valence-corrected chi connectivity index (χ4v) is 2.78. The average Bonchev–Trinajstić information content (AvgIpc) is 2.93. The zero-order valence-corrected chi connectivity index (χ0v) is 13.0. The highest BCUT2D eigenvalue weighted by Gasteiger charge is 2.43. The lowest BCUT2D eigenvalue weighted by Crippen LogP contribution is -2.31. The smallest absolute Gasteiger partial charge is 0.348 e. The average molecular weight is 316 g/mol. The van der Waals surface area contributed by atoms with Gasteiger partial charge in [0.25, 0.3) is 0 Å². The third kappa shape index (κ3) is 2.56. The van der Waals surface area contributed by atoms with Crippen LogP contribution < -0.4 is 15.1 Å². The van der Waals surface area contributed by atoms with Crippen LogP contribution in [0.4, 0.5) is 0 Å². The number of rotatable bonds is 3. The Bertz CT molecular complexity index is 790. The van der Waals surface area contributed by atoms with Gasteiger partial charge in [-0.2, -0.15) is 0 Å². The van der Waals surface area contributed by atoms with E-state index in [0.29, 0.717) is 22.8 Å². The summed E-state index contributed by atoms with van der Waals surface area (Å²) < 4.78 is 20.8. The quantitative estimate of drug-likeness (QED) is 0.807. The molecule has 0 saturated carbocycles. The van der Waals surface area contributed by atoms with E-state index in [9.17, 15) is 9.59 Å². The molecule has 0 unspecified atom stereocenters. The molecule has 0 saturated heterocycles. The predicted octanol–water partition coefficient (Wildman–Crippen LogP) is 2.02. The van der Waals surface area contributed by atoms with Gasteiger partial charge in [-0.15, -0.1) is 0 Å². The molecule has 0 amide bonds. The van der Waals surface area contributed by atoms with Gasteiger partial charge in [-0.25, -0.2) is 9.59 Å². The maximum Gasteiger partial charge on any atom is 0.348 e. The summed E-state index contributed by atoms with van der Waals surface area (Å²) in [6.07, 6.45) is -0.923. The van der Waals surface area contributed by atoms with Gasteiger partial charge in [0.1, 0.15) is 17.3 Å². The Morgan fingerprint density at radius 1 is 1.17 bits per heavy atom. The minimum atomic E-state index is -0.923. The first-order chi connectivity index (χ1) is 11.0. The van der Waals surface area contributed by atoms with Gasteiger partial charge in [0, 0.05) is 6.07 Å². The lowest BCUT2D eigenvalue weighted by molar-refractivity contribution is -0.148. The topological polar surface area (TPSA) is 75.0 Å². The number of methoxy groups -OCH3 is 2. The molecule has 6 heteroatoms. The van der Waals surface area contributed by atoms with Crippen molar-refractivity contribution in [3.63, 3.8) is 0 Å². The minimum absolute atomic E-state index is 0.330. The van der Waals surface area contributed by atoms with Gasteiger partial charge in [0.2, 0.25) is 6.10 Å². The number of benzene rings is 1. The molecule has 1 aromatic heterocycles. The summed E-state index contributed by atoms with van der Waals surface area (Å²) in [5, 5.41) is 0. The Balaban J connectivity index is 2.13. The molecule has 0 bridgehead atoms. The molecular weight excluding hydrogens is 300 g/mol. The van der Waals surface area contributed by atoms with Crippen molar-refractivity contribution in [3.8, 4) is 11.5 Å². The number of fused-ring (bicyclic) bond motifs is 1. The van der Waals surface area contributed by atoms with Gasteiger partial charge in [0.05, 0.1) is 25.7 Å². The summed E-state index contributed by atoms with van der Waals surface area (Å²) in [5.74, 6) is 0.334. The van der Waals surface area contributed by atoms with E-state index >= 15 is 0 Å². The molecule has 0 radical (unpaired) electrons. The highest BCUT2D eigenvalue weighted by molar-refractivity contribution is 5.79. The monoisotopic (exact) mass is 316 g/mol. The van der Waals surface area contributed by atoms with E-state index < -0.39 is 23.6 Å². The van der Waals surface area contributed by atoms with E-state index in [4.69, 9.17) is 18.6 Å². The molecule has 1 aliphatic heterocycles. The number of hydrogen-bond donors (Lipinski definition) is 0. The number of aryl methyl sites for hydroxylation is 1. The van der Waals surface area contributed by atoms with Crippen LogP contribution in [-0.4, -0.2) is 26.3 Å². The van der Waals surface area contributed by atoms with Gasteiger partial charge >= 0.3 is 11.6 Å². The zero-order valence-electron chi connectivity index (χ0n) is 13.0. The lowest BCUT2D eigenvalue weighted by atomic mass is 9.89. The summed E-state index contributed by atoms with van der Waals surface area (Å²) in [5.41, 5.74) is 0.569. The summed E-state index contributed by atoms with van der Waals surface area (Å²) >= 11 is 0. The first-order valence-electron chi connectivity index (χ1n) is 7.08. The van der Waals surface area contributed by atoms with E-state index in [2.05, 4.69) is 0 Å². The third-order valence-electron chi connectivity index (χ3n) is 3.85. The van der Waals surface area contributed by atoms with E-state index in [1.54, 1.807) is 44.4 Å². The van der Waals surface area contributed by atoms with Crippen LogP contribution in [-0.2, 0) is 9.53 Å². The van der Waals surface area contributed by atoms with E-state index in [1.807, 2.05) is 0 Å². The van der Waals surface area contributed by atoms with Gasteiger partial charge in [-0.1, -0.05) is 12.1 Å². The summed E-state index contributed by atoms with van der Waals surface area (Å²) in [6.45, 7) is 1.65. The van der Waals surface area contributed by atoms with E-state index in [-0.39, 0.29) is 0 Å². The molecule has 2 atom stereocenters. The van der Waals surface area contributed by atoms with Crippen molar-refractivity contribution < 1.29 is 23.4 Å². The van der Waals surface area contributed by atoms with Crippen LogP contribution >= 0.6 is 0 Å². The van der Waals surface area contributed by atoms with Crippen molar-refractivity contribution in [1.29, 1.82) is 0 Å². The molecule has 0 N–H and O–H groups in total. The molecule has 1 aliphatic rings. The Morgan fingerprint density at radius 2 is 1.87 bits per heavy atom. The normalized spacial score (nSPS) is 18.9. The zero-order chi connectivity index (χ0) is 16.6. The highest BCUT2D eigenvalue weighted by Crippen LogP contribution is 2.41. The molecule has 2 heterocycles. The molecule has 120 valence electrons. The van der Waals surface area contributed by atoms with Gasteiger partial charge in [0.15, 0.2) is 0 Å². The molecule has 1 aromatic carbocycles. The second kappa shape index (κ2) is 5.79. The van der Waals surface area contributed by atoms with E-state index in [1.165, 1.54) is 7.11 Å². The van der Waals surface area contributed by atoms with Crippen molar-refractivity contribution in [1.82, 2.24) is 0 Å². The number of hydrogen-bond acceptors (Lipinski definition) is 6. The molecule has 0 aliphatic carbocycles. The minimum Gasteiger partial charge on any atom is -0.497 e. The van der Waals surface area contributed by atoms with Crippen LogP contribution in [0.3, 0.4) is 0 Å². The molecule has 3 rings (SSSR count). The van der Waals surface area contributed by atoms with Crippen LogP contribution in [0.25, 0.3) is 0 Å². The number of esters is 1. The molecule has 2 aromatic rings. The van der Waals surface area contributed by atoms with Gasteiger partial charge in [-0.05, 0) is 24.6 Å². The van der Waals surface area contributed by atoms with Crippen LogP contribution in [0.1, 0.15) is 22.8 Å². The SMILES string of the molecule is COC(=O)[C@@H]1Oc2cc(C)oc(=O)c2[C@@H]1c1ccc(OC)cc1.